The largest absolute Gasteiger partial charge is 0.504 e. The molecule has 0 aliphatic carbocycles. The van der Waals surface area contributed by atoms with Crippen molar-refractivity contribution in [2.24, 2.45) is 5.41 Å². The Morgan fingerprint density at radius 3 is 2.47 bits per heavy atom. The number of methoxy groups -OCH3 is 1. The molecule has 1 saturated heterocycles. The molecule has 0 bridgehead atoms. The molecule has 2 atom stereocenters. The van der Waals surface area contributed by atoms with E-state index in [0.29, 0.717) is 18.5 Å². The summed E-state index contributed by atoms with van der Waals surface area (Å²) in [4.78, 5) is 40.8. The van der Waals surface area contributed by atoms with Gasteiger partial charge < -0.3 is 19.5 Å². The normalized spacial score (nSPS) is 16.7. The zero-order valence-electron chi connectivity index (χ0n) is 20.2. The maximum Gasteiger partial charge on any atom is 0.312 e. The Labute approximate surface area is 200 Å². The van der Waals surface area contributed by atoms with Crippen LogP contribution in [0, 0.1) is 5.41 Å². The van der Waals surface area contributed by atoms with E-state index >= 15 is 0 Å². The molecular formula is C27H33NO6. The minimum atomic E-state index is -0.960. The third-order valence-corrected chi connectivity index (χ3v) is 5.98. The summed E-state index contributed by atoms with van der Waals surface area (Å²) >= 11 is 0. The third-order valence-electron chi connectivity index (χ3n) is 5.98. The molecule has 2 aromatic carbocycles. The first-order chi connectivity index (χ1) is 16.1. The molecule has 0 saturated carbocycles. The number of hydrogen-bond donors (Lipinski definition) is 1. The summed E-state index contributed by atoms with van der Waals surface area (Å²) in [7, 11) is 1.42. The van der Waals surface area contributed by atoms with Gasteiger partial charge in [-0.1, -0.05) is 30.3 Å². The Morgan fingerprint density at radius 2 is 1.82 bits per heavy atom. The topological polar surface area (TPSA) is 93.1 Å². The van der Waals surface area contributed by atoms with Crippen LogP contribution >= 0.6 is 0 Å². The minimum absolute atomic E-state index is 0.0406. The first-order valence-corrected chi connectivity index (χ1v) is 11.6. The summed E-state index contributed by atoms with van der Waals surface area (Å²) in [5, 5.41) is 9.80. The lowest BCUT2D eigenvalue weighted by Gasteiger charge is -2.30. The van der Waals surface area contributed by atoms with E-state index in [-0.39, 0.29) is 42.1 Å². The number of phenolic OH excluding ortho intramolecular Hbond substituents is 1. The van der Waals surface area contributed by atoms with Crippen LogP contribution in [0.4, 0.5) is 0 Å². The van der Waals surface area contributed by atoms with Crippen LogP contribution in [-0.4, -0.2) is 53.5 Å². The van der Waals surface area contributed by atoms with Crippen LogP contribution in [0.3, 0.4) is 0 Å². The van der Waals surface area contributed by atoms with Gasteiger partial charge in [-0.3, -0.25) is 14.4 Å². The van der Waals surface area contributed by atoms with E-state index in [1.807, 2.05) is 30.3 Å². The SMILES string of the molecule is COc1cc(C(=O)C[C@@H]2CCCN2C(=O)[C@@H](Cc2ccccc2)OC(=O)C(C)(C)C)ccc1O. The van der Waals surface area contributed by atoms with E-state index in [0.717, 1.165) is 12.0 Å². The predicted octanol–water partition coefficient (Wildman–Crippen LogP) is 4.17. The number of ketones is 1. The van der Waals surface area contributed by atoms with Crippen LogP contribution in [0.15, 0.2) is 48.5 Å². The molecule has 1 fully saturated rings. The van der Waals surface area contributed by atoms with Crippen molar-refractivity contribution in [3.8, 4) is 11.5 Å². The quantitative estimate of drug-likeness (QED) is 0.463. The fraction of sp³-hybridized carbons (Fsp3) is 0.444. The standard InChI is InChI=1S/C27H33NO6/c1-27(2,3)26(32)34-24(15-18-9-6-5-7-10-18)25(31)28-14-8-11-20(28)17-22(30)19-12-13-21(29)23(16-19)33-4/h5-7,9-10,12-13,16,20,24,29H,8,11,14-15,17H2,1-4H3/t20-,24+/m0/s1. The van der Waals surface area contributed by atoms with E-state index in [1.165, 1.54) is 19.2 Å². The Balaban J connectivity index is 1.77. The fourth-order valence-electron chi connectivity index (χ4n) is 4.02. The molecule has 1 aliphatic rings. The van der Waals surface area contributed by atoms with Crippen LogP contribution < -0.4 is 4.74 Å². The van der Waals surface area contributed by atoms with Crippen molar-refractivity contribution in [2.75, 3.05) is 13.7 Å². The molecule has 1 N–H and O–H groups in total. The van der Waals surface area contributed by atoms with Gasteiger partial charge in [0.05, 0.1) is 12.5 Å². The van der Waals surface area contributed by atoms with Gasteiger partial charge in [-0.05, 0) is 57.4 Å². The number of phenols is 1. The van der Waals surface area contributed by atoms with Gasteiger partial charge in [-0.25, -0.2) is 0 Å². The second-order valence-electron chi connectivity index (χ2n) is 9.68. The Morgan fingerprint density at radius 1 is 1.12 bits per heavy atom. The van der Waals surface area contributed by atoms with Crippen molar-refractivity contribution in [3.63, 3.8) is 0 Å². The average Bonchev–Trinajstić information content (AvgIpc) is 3.26. The minimum Gasteiger partial charge on any atom is -0.504 e. The van der Waals surface area contributed by atoms with Crippen molar-refractivity contribution >= 4 is 17.7 Å². The first-order valence-electron chi connectivity index (χ1n) is 11.6. The molecule has 0 radical (unpaired) electrons. The van der Waals surface area contributed by atoms with E-state index in [9.17, 15) is 19.5 Å². The second kappa shape index (κ2) is 10.7. The molecule has 182 valence electrons. The Hall–Kier alpha value is -3.35. The highest BCUT2D eigenvalue weighted by Crippen LogP contribution is 2.29. The molecule has 1 heterocycles. The van der Waals surface area contributed by atoms with Crippen molar-refractivity contribution in [1.29, 1.82) is 0 Å². The van der Waals surface area contributed by atoms with E-state index < -0.39 is 17.5 Å². The molecule has 7 nitrogen and oxygen atoms in total. The van der Waals surface area contributed by atoms with Gasteiger partial charge in [0.25, 0.3) is 5.91 Å². The number of carbonyl (C=O) groups excluding carboxylic acids is 3. The number of aromatic hydroxyl groups is 1. The van der Waals surface area contributed by atoms with Crippen LogP contribution in [0.5, 0.6) is 11.5 Å². The molecule has 3 rings (SSSR count). The molecule has 1 amide bonds. The highest BCUT2D eigenvalue weighted by Gasteiger charge is 2.37. The number of carbonyl (C=O) groups is 3. The van der Waals surface area contributed by atoms with E-state index in [1.54, 1.807) is 31.7 Å². The van der Waals surface area contributed by atoms with Crippen molar-refractivity contribution < 1.29 is 29.0 Å². The molecule has 0 spiro atoms. The number of Topliss-reactive ketones (excluding diaryl/α,β-unsaturated/α-hetero) is 1. The van der Waals surface area contributed by atoms with E-state index in [4.69, 9.17) is 9.47 Å². The molecule has 0 unspecified atom stereocenters. The maximum atomic E-state index is 13.6. The molecule has 2 aromatic rings. The van der Waals surface area contributed by atoms with Crippen molar-refractivity contribution in [2.45, 2.75) is 58.6 Å². The summed E-state index contributed by atoms with van der Waals surface area (Å²) in [6, 6.07) is 13.6. The van der Waals surface area contributed by atoms with Crippen LogP contribution in [-0.2, 0) is 20.7 Å². The summed E-state index contributed by atoms with van der Waals surface area (Å²) in [5.74, 6) is -0.678. The highest BCUT2D eigenvalue weighted by molar-refractivity contribution is 5.97. The molecule has 7 heteroatoms. The van der Waals surface area contributed by atoms with Gasteiger partial charge in [-0.2, -0.15) is 0 Å². The molecule has 1 aliphatic heterocycles. The second-order valence-corrected chi connectivity index (χ2v) is 9.68. The maximum absolute atomic E-state index is 13.6. The van der Waals surface area contributed by atoms with Gasteiger partial charge in [0.15, 0.2) is 23.4 Å². The lowest BCUT2D eigenvalue weighted by molar-refractivity contribution is -0.167. The number of amides is 1. The Kier molecular flexibility index (Phi) is 7.97. The van der Waals surface area contributed by atoms with Gasteiger partial charge in [0.1, 0.15) is 0 Å². The molecule has 34 heavy (non-hydrogen) atoms. The highest BCUT2D eigenvalue weighted by atomic mass is 16.5. The first kappa shape index (κ1) is 25.3. The monoisotopic (exact) mass is 467 g/mol. The Bertz CT molecular complexity index is 1030. The van der Waals surface area contributed by atoms with E-state index in [2.05, 4.69) is 0 Å². The van der Waals surface area contributed by atoms with Gasteiger partial charge in [0, 0.05) is 31.0 Å². The number of hydrogen-bond acceptors (Lipinski definition) is 6. The number of esters is 1. The summed E-state index contributed by atoms with van der Waals surface area (Å²) in [5.41, 5.74) is 0.563. The summed E-state index contributed by atoms with van der Waals surface area (Å²) in [6.45, 7) is 5.77. The number of nitrogens with zero attached hydrogens (tertiary/aromatic N) is 1. The van der Waals surface area contributed by atoms with Crippen LogP contribution in [0.1, 0.15) is 56.0 Å². The summed E-state index contributed by atoms with van der Waals surface area (Å²) < 4.78 is 10.8. The zero-order chi connectivity index (χ0) is 24.9. The van der Waals surface area contributed by atoms with Gasteiger partial charge >= 0.3 is 5.97 Å². The van der Waals surface area contributed by atoms with Gasteiger partial charge in [0.2, 0.25) is 0 Å². The number of rotatable bonds is 8. The number of likely N-dealkylation sites (tertiary alicyclic amines) is 1. The van der Waals surface area contributed by atoms with Crippen molar-refractivity contribution in [1.82, 2.24) is 4.90 Å². The number of ether oxygens (including phenoxy) is 2. The lowest BCUT2D eigenvalue weighted by Crippen LogP contribution is -2.46. The van der Waals surface area contributed by atoms with Crippen LogP contribution in [0.25, 0.3) is 0 Å². The average molecular weight is 468 g/mol. The zero-order valence-corrected chi connectivity index (χ0v) is 20.2. The third kappa shape index (κ3) is 6.16. The number of benzene rings is 2. The van der Waals surface area contributed by atoms with Crippen molar-refractivity contribution in [3.05, 3.63) is 59.7 Å². The lowest BCUT2D eigenvalue weighted by atomic mass is 9.97. The predicted molar refractivity (Wildman–Crippen MR) is 128 cm³/mol. The van der Waals surface area contributed by atoms with Gasteiger partial charge in [-0.15, -0.1) is 0 Å². The fourth-order valence-corrected chi connectivity index (χ4v) is 4.02. The molecule has 0 aromatic heterocycles. The molecular weight excluding hydrogens is 434 g/mol. The summed E-state index contributed by atoms with van der Waals surface area (Å²) in [6.07, 6.45) is 0.920. The smallest absolute Gasteiger partial charge is 0.312 e. The van der Waals surface area contributed by atoms with Crippen LogP contribution in [0.2, 0.25) is 0 Å².